The number of esters is 1. The summed E-state index contributed by atoms with van der Waals surface area (Å²) in [4.78, 5) is 26.2. The van der Waals surface area contributed by atoms with E-state index in [4.69, 9.17) is 21.1 Å². The first-order valence-electron chi connectivity index (χ1n) is 8.34. The largest absolute Gasteiger partial charge is 0.489 e. The molecule has 3 aromatic rings. The highest BCUT2D eigenvalue weighted by Crippen LogP contribution is 2.33. The Morgan fingerprint density at radius 1 is 1.21 bits per heavy atom. The van der Waals surface area contributed by atoms with Crippen molar-refractivity contribution in [2.75, 3.05) is 12.4 Å². The summed E-state index contributed by atoms with van der Waals surface area (Å²) in [5.41, 5.74) is 2.09. The van der Waals surface area contributed by atoms with Crippen LogP contribution in [0.4, 0.5) is 5.00 Å². The number of rotatable bonds is 6. The average Bonchev–Trinajstić information content (AvgIpc) is 3.25. The van der Waals surface area contributed by atoms with E-state index in [1.54, 1.807) is 18.2 Å². The van der Waals surface area contributed by atoms with Gasteiger partial charge in [-0.25, -0.2) is 4.79 Å². The molecule has 28 heavy (non-hydrogen) atoms. The number of hydrogen-bond donors (Lipinski definition) is 1. The Morgan fingerprint density at radius 3 is 2.71 bits per heavy atom. The van der Waals surface area contributed by atoms with E-state index in [9.17, 15) is 9.59 Å². The van der Waals surface area contributed by atoms with Gasteiger partial charge in [-0.05, 0) is 49.1 Å². The topological polar surface area (TPSA) is 64.6 Å². The molecule has 0 saturated carbocycles. The van der Waals surface area contributed by atoms with Crippen molar-refractivity contribution in [3.8, 4) is 5.75 Å². The second-order valence-electron chi connectivity index (χ2n) is 6.00. The lowest BCUT2D eigenvalue weighted by molar-refractivity contribution is 0.0601. The lowest BCUT2D eigenvalue weighted by Crippen LogP contribution is -2.13. The van der Waals surface area contributed by atoms with Crippen LogP contribution in [0, 0.1) is 13.8 Å². The molecule has 2 aromatic heterocycles. The summed E-state index contributed by atoms with van der Waals surface area (Å²) in [5, 5.41) is 5.80. The number of thiophene rings is 2. The monoisotopic (exact) mass is 435 g/mol. The van der Waals surface area contributed by atoms with Crippen LogP contribution in [0.15, 0.2) is 35.7 Å². The quantitative estimate of drug-likeness (QED) is 0.504. The van der Waals surface area contributed by atoms with Crippen molar-refractivity contribution in [3.05, 3.63) is 67.2 Å². The van der Waals surface area contributed by atoms with Crippen molar-refractivity contribution in [3.63, 3.8) is 0 Å². The van der Waals surface area contributed by atoms with Crippen molar-refractivity contribution in [2.45, 2.75) is 20.5 Å². The Labute approximate surface area is 175 Å². The van der Waals surface area contributed by atoms with Gasteiger partial charge in [0.15, 0.2) is 0 Å². The van der Waals surface area contributed by atoms with Crippen LogP contribution < -0.4 is 10.1 Å². The molecule has 1 aromatic carbocycles. The van der Waals surface area contributed by atoms with E-state index in [-0.39, 0.29) is 5.91 Å². The van der Waals surface area contributed by atoms with Gasteiger partial charge in [-0.2, -0.15) is 0 Å². The molecule has 0 radical (unpaired) electrons. The van der Waals surface area contributed by atoms with Gasteiger partial charge in [-0.15, -0.1) is 22.7 Å². The first-order valence-corrected chi connectivity index (χ1v) is 10.4. The van der Waals surface area contributed by atoms with Crippen LogP contribution in [0.25, 0.3) is 0 Å². The van der Waals surface area contributed by atoms with Crippen molar-refractivity contribution in [1.29, 1.82) is 0 Å². The average molecular weight is 436 g/mol. The molecule has 0 bridgehead atoms. The maximum absolute atomic E-state index is 12.6. The molecule has 0 spiro atoms. The summed E-state index contributed by atoms with van der Waals surface area (Å²) in [6.45, 7) is 4.07. The smallest absolute Gasteiger partial charge is 0.341 e. The van der Waals surface area contributed by atoms with Gasteiger partial charge in [0.2, 0.25) is 0 Å². The zero-order chi connectivity index (χ0) is 20.3. The fourth-order valence-electron chi connectivity index (χ4n) is 2.52. The number of methoxy groups -OCH3 is 1. The molecule has 2 heterocycles. The number of amides is 1. The van der Waals surface area contributed by atoms with E-state index in [1.165, 1.54) is 29.8 Å². The number of nitrogens with one attached hydrogen (secondary N) is 1. The molecule has 8 heteroatoms. The fraction of sp³-hybridized carbons (Fsp3) is 0.200. The predicted octanol–water partition coefficient (Wildman–Crippen LogP) is 5.70. The highest BCUT2D eigenvalue weighted by molar-refractivity contribution is 7.17. The van der Waals surface area contributed by atoms with Crippen molar-refractivity contribution in [1.82, 2.24) is 0 Å². The van der Waals surface area contributed by atoms with Crippen molar-refractivity contribution in [2.24, 2.45) is 0 Å². The Bertz CT molecular complexity index is 1030. The van der Waals surface area contributed by atoms with Gasteiger partial charge in [-0.1, -0.05) is 17.7 Å². The zero-order valence-corrected chi connectivity index (χ0v) is 17.9. The van der Waals surface area contributed by atoms with Crippen LogP contribution in [0.1, 0.15) is 36.0 Å². The molecular formula is C20H18ClNO4S2. The summed E-state index contributed by atoms with van der Waals surface area (Å²) in [6.07, 6.45) is 0. The van der Waals surface area contributed by atoms with Gasteiger partial charge in [0.05, 0.1) is 17.6 Å². The van der Waals surface area contributed by atoms with Gasteiger partial charge < -0.3 is 14.8 Å². The Hall–Kier alpha value is -2.35. The number of ether oxygens (including phenoxy) is 2. The highest BCUT2D eigenvalue weighted by atomic mass is 35.5. The molecule has 0 atom stereocenters. The van der Waals surface area contributed by atoms with Crippen LogP contribution in [0.2, 0.25) is 5.02 Å². The van der Waals surface area contributed by atoms with Crippen LogP contribution in [0.5, 0.6) is 5.75 Å². The molecule has 0 aliphatic rings. The van der Waals surface area contributed by atoms with Crippen molar-refractivity contribution < 1.29 is 19.1 Å². The second-order valence-corrected chi connectivity index (χ2v) is 8.57. The van der Waals surface area contributed by atoms with E-state index in [2.05, 4.69) is 5.32 Å². The lowest BCUT2D eigenvalue weighted by Gasteiger charge is -2.05. The highest BCUT2D eigenvalue weighted by Gasteiger charge is 2.22. The maximum atomic E-state index is 12.6. The van der Waals surface area contributed by atoms with Gasteiger partial charge >= 0.3 is 5.97 Å². The number of benzene rings is 1. The van der Waals surface area contributed by atoms with Crippen LogP contribution >= 0.6 is 34.3 Å². The molecule has 146 valence electrons. The molecule has 0 aliphatic heterocycles. The summed E-state index contributed by atoms with van der Waals surface area (Å²) in [5.74, 6) is -0.0682. The Balaban J connectivity index is 1.69. The van der Waals surface area contributed by atoms with Crippen LogP contribution in [0.3, 0.4) is 0 Å². The number of aryl methyl sites for hydroxylation is 1. The number of carbonyl (C=O) groups excluding carboxylic acids is 2. The molecule has 3 rings (SSSR count). The minimum Gasteiger partial charge on any atom is -0.489 e. The molecule has 1 amide bonds. The SMILES string of the molecule is COC(=O)c1c(NC(=O)c2cc(COc3cccc(Cl)c3)cs2)sc(C)c1C. The van der Waals surface area contributed by atoms with E-state index in [0.29, 0.717) is 32.8 Å². The first-order chi connectivity index (χ1) is 13.4. The molecule has 0 fully saturated rings. The van der Waals surface area contributed by atoms with E-state index >= 15 is 0 Å². The van der Waals surface area contributed by atoms with Crippen LogP contribution in [-0.4, -0.2) is 19.0 Å². The van der Waals surface area contributed by atoms with Crippen LogP contribution in [-0.2, 0) is 11.3 Å². The Kier molecular flexibility index (Phi) is 6.39. The number of carbonyl (C=O) groups is 2. The van der Waals surface area contributed by atoms with Crippen molar-refractivity contribution >= 4 is 51.2 Å². The van der Waals surface area contributed by atoms with Gasteiger partial charge in [-0.3, -0.25) is 4.79 Å². The Morgan fingerprint density at radius 2 is 2.00 bits per heavy atom. The summed E-state index contributed by atoms with van der Waals surface area (Å²) in [6, 6.07) is 8.92. The van der Waals surface area contributed by atoms with Gasteiger partial charge in [0.1, 0.15) is 17.4 Å². The zero-order valence-electron chi connectivity index (χ0n) is 15.5. The third-order valence-corrected chi connectivity index (χ3v) is 6.42. The number of anilines is 1. The maximum Gasteiger partial charge on any atom is 0.341 e. The standard InChI is InChI=1S/C20H18ClNO4S2/c1-11-12(2)28-19(17(11)20(24)25-3)22-18(23)16-7-13(10-27-16)9-26-15-6-4-5-14(21)8-15/h4-8,10H,9H2,1-3H3,(H,22,23). The third-order valence-electron chi connectivity index (χ3n) is 4.08. The molecule has 0 aliphatic carbocycles. The first kappa shape index (κ1) is 20.4. The second kappa shape index (κ2) is 8.77. The predicted molar refractivity (Wildman–Crippen MR) is 113 cm³/mol. The molecule has 5 nitrogen and oxygen atoms in total. The molecule has 1 N–H and O–H groups in total. The van der Waals surface area contributed by atoms with Gasteiger partial charge in [0, 0.05) is 15.5 Å². The van der Waals surface area contributed by atoms with E-state index < -0.39 is 5.97 Å². The fourth-order valence-corrected chi connectivity index (χ4v) is 4.54. The van der Waals surface area contributed by atoms with E-state index in [0.717, 1.165) is 16.0 Å². The lowest BCUT2D eigenvalue weighted by atomic mass is 10.1. The molecule has 0 saturated heterocycles. The minimum absolute atomic E-state index is 0.273. The normalized spacial score (nSPS) is 10.6. The third kappa shape index (κ3) is 4.55. The van der Waals surface area contributed by atoms with E-state index in [1.807, 2.05) is 31.4 Å². The van der Waals surface area contributed by atoms with Gasteiger partial charge in [0.25, 0.3) is 5.91 Å². The summed E-state index contributed by atoms with van der Waals surface area (Å²) < 4.78 is 10.5. The number of halogens is 1. The molecular weight excluding hydrogens is 418 g/mol. The minimum atomic E-state index is -0.459. The molecule has 0 unspecified atom stereocenters. The number of hydrogen-bond acceptors (Lipinski definition) is 6. The summed E-state index contributed by atoms with van der Waals surface area (Å²) in [7, 11) is 1.33. The summed E-state index contributed by atoms with van der Waals surface area (Å²) >= 11 is 8.62.